The molecule has 1 unspecified atom stereocenters. The van der Waals surface area contributed by atoms with Gasteiger partial charge in [0, 0.05) is 0 Å². The van der Waals surface area contributed by atoms with Crippen LogP contribution in [-0.4, -0.2) is 44.8 Å². The van der Waals surface area contributed by atoms with E-state index >= 15 is 0 Å². The van der Waals surface area contributed by atoms with Crippen molar-refractivity contribution in [2.45, 2.75) is 12.5 Å². The van der Waals surface area contributed by atoms with Gasteiger partial charge in [-0.1, -0.05) is 6.07 Å². The SMILES string of the molecule is COc1cc(CC(N)C(=O)O)ccc1C(=O)NS(C)(=O)=O. The molecular weight excluding hydrogens is 300 g/mol. The van der Waals surface area contributed by atoms with Crippen LogP contribution in [0.3, 0.4) is 0 Å². The predicted octanol–water partition coefficient (Wildman–Crippen LogP) is -0.661. The lowest BCUT2D eigenvalue weighted by Gasteiger charge is -2.12. The molecule has 0 aliphatic heterocycles. The Hall–Kier alpha value is -2.13. The average Bonchev–Trinajstić information content (AvgIpc) is 2.36. The maximum atomic E-state index is 11.8. The number of aliphatic carboxylic acids is 1. The first-order chi connectivity index (χ1) is 9.64. The summed E-state index contributed by atoms with van der Waals surface area (Å²) in [4.78, 5) is 22.5. The number of sulfonamides is 1. The second-order valence-corrected chi connectivity index (χ2v) is 6.14. The van der Waals surface area contributed by atoms with E-state index < -0.39 is 27.9 Å². The van der Waals surface area contributed by atoms with E-state index in [0.717, 1.165) is 6.26 Å². The number of carbonyl (C=O) groups excluding carboxylic acids is 1. The molecule has 1 aromatic rings. The van der Waals surface area contributed by atoms with Gasteiger partial charge in [-0.3, -0.25) is 9.59 Å². The molecule has 8 nitrogen and oxygen atoms in total. The Morgan fingerprint density at radius 3 is 2.52 bits per heavy atom. The number of carbonyl (C=O) groups is 2. The first-order valence-corrected chi connectivity index (χ1v) is 7.70. The highest BCUT2D eigenvalue weighted by Crippen LogP contribution is 2.21. The molecule has 1 atom stereocenters. The minimum atomic E-state index is -3.69. The third-order valence-electron chi connectivity index (χ3n) is 2.56. The molecule has 0 heterocycles. The van der Waals surface area contributed by atoms with Crippen LogP contribution in [0, 0.1) is 0 Å². The van der Waals surface area contributed by atoms with Crippen molar-refractivity contribution in [1.82, 2.24) is 4.72 Å². The zero-order valence-electron chi connectivity index (χ0n) is 11.5. The molecule has 1 amide bonds. The van der Waals surface area contributed by atoms with E-state index in [2.05, 4.69) is 0 Å². The van der Waals surface area contributed by atoms with Gasteiger partial charge in [0.15, 0.2) is 0 Å². The van der Waals surface area contributed by atoms with Crippen LogP contribution in [-0.2, 0) is 21.2 Å². The van der Waals surface area contributed by atoms with Crippen molar-refractivity contribution in [2.75, 3.05) is 13.4 Å². The molecule has 1 aromatic carbocycles. The lowest BCUT2D eigenvalue weighted by Crippen LogP contribution is -2.32. The number of amides is 1. The van der Waals surface area contributed by atoms with Gasteiger partial charge >= 0.3 is 5.97 Å². The maximum Gasteiger partial charge on any atom is 0.320 e. The quantitative estimate of drug-likeness (QED) is 0.633. The molecule has 21 heavy (non-hydrogen) atoms. The number of rotatable bonds is 6. The summed E-state index contributed by atoms with van der Waals surface area (Å²) < 4.78 is 28.9. The zero-order valence-corrected chi connectivity index (χ0v) is 12.3. The van der Waals surface area contributed by atoms with Crippen molar-refractivity contribution in [3.63, 3.8) is 0 Å². The van der Waals surface area contributed by atoms with E-state index in [1.54, 1.807) is 0 Å². The molecule has 0 radical (unpaired) electrons. The molecule has 1 rings (SSSR count). The van der Waals surface area contributed by atoms with Crippen molar-refractivity contribution in [1.29, 1.82) is 0 Å². The van der Waals surface area contributed by atoms with Crippen LogP contribution in [0.15, 0.2) is 18.2 Å². The topological polar surface area (TPSA) is 136 Å². The highest BCUT2D eigenvalue weighted by atomic mass is 32.2. The fourth-order valence-corrected chi connectivity index (χ4v) is 2.06. The van der Waals surface area contributed by atoms with Crippen LogP contribution in [0.2, 0.25) is 0 Å². The van der Waals surface area contributed by atoms with Gasteiger partial charge in [-0.25, -0.2) is 13.1 Å². The Balaban J connectivity index is 3.04. The Labute approximate surface area is 122 Å². The summed E-state index contributed by atoms with van der Waals surface area (Å²) in [5, 5.41) is 8.75. The molecule has 0 fully saturated rings. The number of hydrogen-bond acceptors (Lipinski definition) is 6. The summed E-state index contributed by atoms with van der Waals surface area (Å²) in [7, 11) is -2.38. The molecule has 0 aliphatic carbocycles. The summed E-state index contributed by atoms with van der Waals surface area (Å²) in [6, 6.07) is 3.21. The zero-order chi connectivity index (χ0) is 16.2. The number of nitrogens with two attached hydrogens (primary N) is 1. The van der Waals surface area contributed by atoms with Gasteiger partial charge in [0.25, 0.3) is 5.91 Å². The largest absolute Gasteiger partial charge is 0.496 e. The molecule has 0 saturated heterocycles. The Morgan fingerprint density at radius 2 is 2.05 bits per heavy atom. The highest BCUT2D eigenvalue weighted by molar-refractivity contribution is 7.89. The van der Waals surface area contributed by atoms with Crippen LogP contribution in [0.25, 0.3) is 0 Å². The third-order valence-corrected chi connectivity index (χ3v) is 3.12. The van der Waals surface area contributed by atoms with Crippen molar-refractivity contribution >= 4 is 21.9 Å². The van der Waals surface area contributed by atoms with E-state index in [9.17, 15) is 18.0 Å². The molecule has 0 aliphatic rings. The molecule has 9 heteroatoms. The second-order valence-electron chi connectivity index (χ2n) is 4.39. The van der Waals surface area contributed by atoms with Gasteiger partial charge in [-0.2, -0.15) is 0 Å². The minimum Gasteiger partial charge on any atom is -0.496 e. The lowest BCUT2D eigenvalue weighted by atomic mass is 10.0. The van der Waals surface area contributed by atoms with Crippen molar-refractivity contribution < 1.29 is 27.9 Å². The fourth-order valence-electron chi connectivity index (χ4n) is 1.61. The van der Waals surface area contributed by atoms with Gasteiger partial charge in [0.2, 0.25) is 10.0 Å². The van der Waals surface area contributed by atoms with Gasteiger partial charge in [-0.15, -0.1) is 0 Å². The number of carboxylic acid groups (broad SMARTS) is 1. The number of carboxylic acids is 1. The number of hydrogen-bond donors (Lipinski definition) is 3. The number of benzene rings is 1. The monoisotopic (exact) mass is 316 g/mol. The average molecular weight is 316 g/mol. The molecule has 4 N–H and O–H groups in total. The number of methoxy groups -OCH3 is 1. The van der Waals surface area contributed by atoms with E-state index in [-0.39, 0.29) is 17.7 Å². The van der Waals surface area contributed by atoms with Crippen molar-refractivity contribution in [3.05, 3.63) is 29.3 Å². The van der Waals surface area contributed by atoms with E-state index in [4.69, 9.17) is 15.6 Å². The number of ether oxygens (including phenoxy) is 1. The third kappa shape index (κ3) is 5.04. The van der Waals surface area contributed by atoms with Crippen molar-refractivity contribution in [3.8, 4) is 5.75 Å². The highest BCUT2D eigenvalue weighted by Gasteiger charge is 2.18. The van der Waals surface area contributed by atoms with Crippen LogP contribution in [0.4, 0.5) is 0 Å². The normalized spacial score (nSPS) is 12.5. The van der Waals surface area contributed by atoms with Crippen LogP contribution >= 0.6 is 0 Å². The molecule has 0 spiro atoms. The maximum absolute atomic E-state index is 11.8. The summed E-state index contributed by atoms with van der Waals surface area (Å²) in [5.74, 6) is -1.84. The van der Waals surface area contributed by atoms with Crippen LogP contribution in [0.5, 0.6) is 5.75 Å². The minimum absolute atomic E-state index is 0.0237. The molecular formula is C12H16N2O6S. The first kappa shape index (κ1) is 16.9. The summed E-state index contributed by atoms with van der Waals surface area (Å²) in [6.07, 6.45) is 0.914. The van der Waals surface area contributed by atoms with E-state index in [1.807, 2.05) is 4.72 Å². The predicted molar refractivity (Wildman–Crippen MR) is 74.6 cm³/mol. The second kappa shape index (κ2) is 6.55. The fraction of sp³-hybridized carbons (Fsp3) is 0.333. The molecule has 0 aromatic heterocycles. The van der Waals surface area contributed by atoms with E-state index in [1.165, 1.54) is 25.3 Å². The van der Waals surface area contributed by atoms with Crippen LogP contribution < -0.4 is 15.2 Å². The Morgan fingerprint density at radius 1 is 1.43 bits per heavy atom. The van der Waals surface area contributed by atoms with Crippen LogP contribution in [0.1, 0.15) is 15.9 Å². The standard InChI is InChI=1S/C12H16N2O6S/c1-20-10-6-7(5-9(13)12(16)17)3-4-8(10)11(15)14-21(2,18)19/h3-4,6,9H,5,13H2,1-2H3,(H,14,15)(H,16,17). The first-order valence-electron chi connectivity index (χ1n) is 5.81. The lowest BCUT2D eigenvalue weighted by molar-refractivity contribution is -0.138. The van der Waals surface area contributed by atoms with E-state index in [0.29, 0.717) is 5.56 Å². The van der Waals surface area contributed by atoms with Crippen molar-refractivity contribution in [2.24, 2.45) is 5.73 Å². The Bertz CT molecular complexity index is 656. The summed E-state index contributed by atoms with van der Waals surface area (Å²) >= 11 is 0. The smallest absolute Gasteiger partial charge is 0.320 e. The molecule has 0 saturated carbocycles. The van der Waals surface area contributed by atoms with Gasteiger partial charge in [0.05, 0.1) is 18.9 Å². The van der Waals surface area contributed by atoms with Gasteiger partial charge in [0.1, 0.15) is 11.8 Å². The summed E-state index contributed by atoms with van der Waals surface area (Å²) in [6.45, 7) is 0. The Kier molecular flexibility index (Phi) is 5.28. The number of nitrogens with one attached hydrogen (secondary N) is 1. The summed E-state index contributed by atoms with van der Waals surface area (Å²) in [5.41, 5.74) is 6.00. The molecule has 0 bridgehead atoms. The van der Waals surface area contributed by atoms with Gasteiger partial charge in [-0.05, 0) is 24.1 Å². The molecule has 116 valence electrons. The van der Waals surface area contributed by atoms with Gasteiger partial charge < -0.3 is 15.6 Å².